The number of unbranched alkanes of at least 4 members (excludes halogenated alkanes) is 1. The van der Waals surface area contributed by atoms with Crippen LogP contribution in [0.15, 0.2) is 24.3 Å². The highest BCUT2D eigenvalue weighted by molar-refractivity contribution is 7.91. The lowest BCUT2D eigenvalue weighted by molar-refractivity contribution is 0.309. The van der Waals surface area contributed by atoms with E-state index in [2.05, 4.69) is 24.4 Å². The molecule has 1 N–H and O–H groups in total. The third kappa shape index (κ3) is 5.67. The fourth-order valence-corrected chi connectivity index (χ4v) is 4.35. The smallest absolute Gasteiger partial charge is 0.150 e. The topological polar surface area (TPSA) is 55.4 Å². The summed E-state index contributed by atoms with van der Waals surface area (Å²) in [6, 6.07) is 8.10. The van der Waals surface area contributed by atoms with E-state index in [1.54, 1.807) is 0 Å². The first kappa shape index (κ1) is 16.3. The molecule has 0 radical (unpaired) electrons. The molecule has 0 spiro atoms. The van der Waals surface area contributed by atoms with Gasteiger partial charge in [-0.1, -0.05) is 25.5 Å². The van der Waals surface area contributed by atoms with Gasteiger partial charge in [-0.2, -0.15) is 0 Å². The van der Waals surface area contributed by atoms with E-state index in [1.165, 1.54) is 5.56 Å². The number of hydrogen-bond acceptors (Lipinski definition) is 4. The lowest BCUT2D eigenvalue weighted by Crippen LogP contribution is -2.23. The van der Waals surface area contributed by atoms with Gasteiger partial charge in [-0.15, -0.1) is 0 Å². The molecule has 1 aliphatic heterocycles. The molecule has 1 saturated heterocycles. The predicted molar refractivity (Wildman–Crippen MR) is 85.3 cm³/mol. The molecule has 4 nitrogen and oxygen atoms in total. The molecule has 1 unspecified atom stereocenters. The van der Waals surface area contributed by atoms with E-state index in [0.717, 1.165) is 44.7 Å². The Morgan fingerprint density at radius 2 is 2.05 bits per heavy atom. The van der Waals surface area contributed by atoms with Crippen LogP contribution in [0.1, 0.15) is 31.7 Å². The first-order chi connectivity index (χ1) is 10.1. The van der Waals surface area contributed by atoms with Crippen molar-refractivity contribution < 1.29 is 13.2 Å². The molecule has 0 amide bonds. The second-order valence-corrected chi connectivity index (χ2v) is 7.97. The first-order valence-corrected chi connectivity index (χ1v) is 9.54. The minimum atomic E-state index is -2.76. The van der Waals surface area contributed by atoms with Crippen molar-refractivity contribution in [2.24, 2.45) is 5.92 Å². The van der Waals surface area contributed by atoms with Crippen molar-refractivity contribution in [3.63, 3.8) is 0 Å². The van der Waals surface area contributed by atoms with Crippen molar-refractivity contribution in [2.45, 2.75) is 32.7 Å². The molecule has 1 fully saturated rings. The minimum Gasteiger partial charge on any atom is -0.494 e. The van der Waals surface area contributed by atoms with Gasteiger partial charge in [0.15, 0.2) is 9.84 Å². The molecular weight excluding hydrogens is 286 g/mol. The quantitative estimate of drug-likeness (QED) is 0.749. The van der Waals surface area contributed by atoms with Gasteiger partial charge in [-0.05, 0) is 43.0 Å². The van der Waals surface area contributed by atoms with Gasteiger partial charge in [0.25, 0.3) is 0 Å². The van der Waals surface area contributed by atoms with Crippen LogP contribution in [0, 0.1) is 5.92 Å². The van der Waals surface area contributed by atoms with Crippen LogP contribution in [0.3, 0.4) is 0 Å². The van der Waals surface area contributed by atoms with E-state index < -0.39 is 9.84 Å². The number of rotatable bonds is 8. The average Bonchev–Trinajstić information content (AvgIpc) is 2.80. The Labute approximate surface area is 127 Å². The van der Waals surface area contributed by atoms with Gasteiger partial charge >= 0.3 is 0 Å². The summed E-state index contributed by atoms with van der Waals surface area (Å²) < 4.78 is 28.4. The second-order valence-electron chi connectivity index (χ2n) is 5.75. The largest absolute Gasteiger partial charge is 0.494 e. The molecule has 21 heavy (non-hydrogen) atoms. The number of nitrogens with one attached hydrogen (secondary N) is 1. The minimum absolute atomic E-state index is 0.270. The number of sulfone groups is 1. The van der Waals surface area contributed by atoms with Crippen LogP contribution in [0.2, 0.25) is 0 Å². The number of benzene rings is 1. The van der Waals surface area contributed by atoms with Crippen molar-refractivity contribution >= 4 is 9.84 Å². The van der Waals surface area contributed by atoms with Crippen LogP contribution in [0.25, 0.3) is 0 Å². The van der Waals surface area contributed by atoms with Crippen molar-refractivity contribution in [3.8, 4) is 5.75 Å². The Bertz CT molecular complexity index is 525. The molecule has 5 heteroatoms. The van der Waals surface area contributed by atoms with Crippen LogP contribution >= 0.6 is 0 Å². The van der Waals surface area contributed by atoms with Crippen molar-refractivity contribution in [1.29, 1.82) is 0 Å². The molecule has 0 aromatic heterocycles. The second kappa shape index (κ2) is 7.80. The molecule has 1 aromatic rings. The summed E-state index contributed by atoms with van der Waals surface area (Å²) in [7, 11) is -2.76. The average molecular weight is 311 g/mol. The van der Waals surface area contributed by atoms with E-state index >= 15 is 0 Å². The normalized spacial score (nSPS) is 20.5. The van der Waals surface area contributed by atoms with E-state index in [9.17, 15) is 8.42 Å². The molecule has 118 valence electrons. The van der Waals surface area contributed by atoms with Crippen LogP contribution in [0.5, 0.6) is 5.75 Å². The van der Waals surface area contributed by atoms with Gasteiger partial charge in [0.2, 0.25) is 0 Å². The Balaban J connectivity index is 1.69. The summed E-state index contributed by atoms with van der Waals surface area (Å²) in [5, 5.41) is 3.35. The zero-order chi connectivity index (χ0) is 15.1. The van der Waals surface area contributed by atoms with Gasteiger partial charge in [0, 0.05) is 6.54 Å². The molecule has 2 rings (SSSR count). The molecule has 1 aromatic carbocycles. The maximum Gasteiger partial charge on any atom is 0.150 e. The van der Waals surface area contributed by atoms with Crippen molar-refractivity contribution in [1.82, 2.24) is 5.32 Å². The third-order valence-electron chi connectivity index (χ3n) is 3.78. The molecule has 0 aliphatic carbocycles. The maximum absolute atomic E-state index is 11.4. The van der Waals surface area contributed by atoms with Crippen LogP contribution in [-0.2, 0) is 16.4 Å². The summed E-state index contributed by atoms with van der Waals surface area (Å²) in [5.74, 6) is 1.87. The van der Waals surface area contributed by atoms with Gasteiger partial charge in [-0.3, -0.25) is 0 Å². The number of ether oxygens (including phenoxy) is 1. The SMILES string of the molecule is CCCCOc1ccc(CNCC2CCS(=O)(=O)C2)cc1. The van der Waals surface area contributed by atoms with Crippen LogP contribution in [0.4, 0.5) is 0 Å². The zero-order valence-electron chi connectivity index (χ0n) is 12.7. The van der Waals surface area contributed by atoms with E-state index in [0.29, 0.717) is 11.5 Å². The van der Waals surface area contributed by atoms with Gasteiger partial charge in [0.1, 0.15) is 5.75 Å². The monoisotopic (exact) mass is 311 g/mol. The molecule has 0 saturated carbocycles. The van der Waals surface area contributed by atoms with Gasteiger partial charge < -0.3 is 10.1 Å². The standard InChI is InChI=1S/C16H25NO3S/c1-2-3-9-20-16-6-4-14(5-7-16)11-17-12-15-8-10-21(18,19)13-15/h4-7,15,17H,2-3,8-13H2,1H3. The lowest BCUT2D eigenvalue weighted by atomic mass is 10.1. The maximum atomic E-state index is 11.4. The summed E-state index contributed by atoms with van der Waals surface area (Å²) >= 11 is 0. The Morgan fingerprint density at radius 3 is 2.67 bits per heavy atom. The fourth-order valence-electron chi connectivity index (χ4n) is 2.49. The number of hydrogen-bond donors (Lipinski definition) is 1. The fraction of sp³-hybridized carbons (Fsp3) is 0.625. The van der Waals surface area contributed by atoms with Crippen LogP contribution < -0.4 is 10.1 Å². The Kier molecular flexibility index (Phi) is 6.06. The predicted octanol–water partition coefficient (Wildman–Crippen LogP) is 2.39. The van der Waals surface area contributed by atoms with Crippen LogP contribution in [-0.4, -0.2) is 33.1 Å². The van der Waals surface area contributed by atoms with Crippen molar-refractivity contribution in [3.05, 3.63) is 29.8 Å². The highest BCUT2D eigenvalue weighted by Gasteiger charge is 2.27. The van der Waals surface area contributed by atoms with Gasteiger partial charge in [0.05, 0.1) is 18.1 Å². The van der Waals surface area contributed by atoms with E-state index in [-0.39, 0.29) is 5.92 Å². The lowest BCUT2D eigenvalue weighted by Gasteiger charge is -2.10. The third-order valence-corrected chi connectivity index (χ3v) is 5.62. The van der Waals surface area contributed by atoms with E-state index in [1.807, 2.05) is 12.1 Å². The van der Waals surface area contributed by atoms with E-state index in [4.69, 9.17) is 4.74 Å². The first-order valence-electron chi connectivity index (χ1n) is 7.72. The van der Waals surface area contributed by atoms with Gasteiger partial charge in [-0.25, -0.2) is 8.42 Å². The highest BCUT2D eigenvalue weighted by Crippen LogP contribution is 2.18. The summed E-state index contributed by atoms with van der Waals surface area (Å²) in [4.78, 5) is 0. The Hall–Kier alpha value is -1.07. The molecule has 1 heterocycles. The molecule has 0 bridgehead atoms. The molecule has 1 atom stereocenters. The summed E-state index contributed by atoms with van der Waals surface area (Å²) in [6.45, 7) is 4.46. The van der Waals surface area contributed by atoms with Crippen molar-refractivity contribution in [2.75, 3.05) is 24.7 Å². The summed E-state index contributed by atoms with van der Waals surface area (Å²) in [5.41, 5.74) is 1.19. The zero-order valence-corrected chi connectivity index (χ0v) is 13.5. The molecular formula is C16H25NO3S. The molecule has 1 aliphatic rings. The summed E-state index contributed by atoms with van der Waals surface area (Å²) in [6.07, 6.45) is 3.01. The Morgan fingerprint density at radius 1 is 1.29 bits per heavy atom. The highest BCUT2D eigenvalue weighted by atomic mass is 32.2.